The summed E-state index contributed by atoms with van der Waals surface area (Å²) in [6, 6.07) is 0. The first kappa shape index (κ1) is 9.32. The molecule has 1 aliphatic heterocycles. The summed E-state index contributed by atoms with van der Waals surface area (Å²) < 4.78 is 15.3. The van der Waals surface area contributed by atoms with E-state index in [0.29, 0.717) is 32.5 Å². The van der Waals surface area contributed by atoms with Gasteiger partial charge in [0, 0.05) is 5.75 Å². The second-order valence-corrected chi connectivity index (χ2v) is 2.81. The van der Waals surface area contributed by atoms with Crippen molar-refractivity contribution in [3.63, 3.8) is 0 Å². The molecule has 0 aromatic heterocycles. The Hall–Kier alpha value is 0.230. The molecule has 0 aromatic carbocycles. The Morgan fingerprint density at radius 1 is 1.27 bits per heavy atom. The van der Waals surface area contributed by atoms with Crippen molar-refractivity contribution in [1.29, 1.82) is 0 Å². The minimum absolute atomic E-state index is 0.361. The van der Waals surface area contributed by atoms with E-state index < -0.39 is 0 Å². The summed E-state index contributed by atoms with van der Waals surface area (Å²) in [5, 5.41) is 0. The van der Waals surface area contributed by atoms with Crippen molar-refractivity contribution in [1.82, 2.24) is 0 Å². The molecule has 0 bridgehead atoms. The van der Waals surface area contributed by atoms with Gasteiger partial charge in [-0.25, -0.2) is 0 Å². The quantitative estimate of drug-likeness (QED) is 0.347. The fourth-order valence-corrected chi connectivity index (χ4v) is 0.793. The minimum Gasteiger partial charge on any atom is -0.378 e. The predicted molar refractivity (Wildman–Crippen MR) is 45.2 cm³/mol. The molecule has 1 heterocycles. The molecular weight excluding hydrogens is 164 g/mol. The van der Waals surface area contributed by atoms with Crippen LogP contribution in [0.4, 0.5) is 0 Å². The molecule has 0 amide bonds. The third-order valence-electron chi connectivity index (χ3n) is 1.31. The molecule has 1 fully saturated rings. The average molecular weight is 178 g/mol. The summed E-state index contributed by atoms with van der Waals surface area (Å²) in [6.07, 6.45) is 0.361. The summed E-state index contributed by atoms with van der Waals surface area (Å²) in [6.45, 7) is 3.59. The highest BCUT2D eigenvalue weighted by Crippen LogP contribution is 2.07. The van der Waals surface area contributed by atoms with E-state index in [1.54, 1.807) is 0 Å². The van der Waals surface area contributed by atoms with Crippen LogP contribution < -0.4 is 0 Å². The zero-order valence-electron chi connectivity index (χ0n) is 6.49. The van der Waals surface area contributed by atoms with Crippen molar-refractivity contribution >= 4 is 12.6 Å². The number of hydrogen-bond donors (Lipinski definition) is 1. The van der Waals surface area contributed by atoms with Gasteiger partial charge in [-0.15, -0.1) is 0 Å². The van der Waals surface area contributed by atoms with Gasteiger partial charge in [0.05, 0.1) is 33.0 Å². The van der Waals surface area contributed by atoms with Gasteiger partial charge in [0.25, 0.3) is 0 Å². The Morgan fingerprint density at radius 2 is 2.00 bits per heavy atom. The molecule has 66 valence electrons. The van der Waals surface area contributed by atoms with Crippen LogP contribution in [0.5, 0.6) is 0 Å². The monoisotopic (exact) mass is 178 g/mol. The molecule has 0 aromatic rings. The number of hydrogen-bond acceptors (Lipinski definition) is 4. The van der Waals surface area contributed by atoms with Crippen LogP contribution in [0.15, 0.2) is 0 Å². The largest absolute Gasteiger partial charge is 0.378 e. The van der Waals surface area contributed by atoms with E-state index in [4.69, 9.17) is 14.2 Å². The number of ether oxygens (including phenoxy) is 3. The van der Waals surface area contributed by atoms with Crippen molar-refractivity contribution < 1.29 is 14.2 Å². The molecule has 3 nitrogen and oxygen atoms in total. The van der Waals surface area contributed by atoms with Gasteiger partial charge < -0.3 is 14.2 Å². The Kier molecular flexibility index (Phi) is 4.94. The zero-order valence-corrected chi connectivity index (χ0v) is 7.39. The molecule has 0 N–H and O–H groups in total. The highest BCUT2D eigenvalue weighted by Gasteiger charge is 2.21. The standard InChI is InChI=1S/C7H14O3S/c11-4-3-8-1-2-9-5-7-6-10-7/h7,11H,1-6H2. The number of thiol groups is 1. The molecule has 0 spiro atoms. The SMILES string of the molecule is SCCOCCOCC1CO1. The second kappa shape index (κ2) is 5.83. The van der Waals surface area contributed by atoms with Crippen molar-refractivity contribution in [2.24, 2.45) is 0 Å². The second-order valence-electron chi connectivity index (χ2n) is 2.37. The van der Waals surface area contributed by atoms with Gasteiger partial charge in [-0.2, -0.15) is 12.6 Å². The lowest BCUT2D eigenvalue weighted by Crippen LogP contribution is -2.09. The smallest absolute Gasteiger partial charge is 0.104 e. The van der Waals surface area contributed by atoms with Crippen LogP contribution in [0.2, 0.25) is 0 Å². The highest BCUT2D eigenvalue weighted by atomic mass is 32.1. The van der Waals surface area contributed by atoms with Gasteiger partial charge in [0.2, 0.25) is 0 Å². The first-order valence-corrected chi connectivity index (χ1v) is 4.44. The molecule has 0 radical (unpaired) electrons. The van der Waals surface area contributed by atoms with E-state index in [0.717, 1.165) is 12.4 Å². The van der Waals surface area contributed by atoms with Crippen LogP contribution in [0.3, 0.4) is 0 Å². The normalized spacial score (nSPS) is 22.1. The third-order valence-corrected chi connectivity index (χ3v) is 1.50. The summed E-state index contributed by atoms with van der Waals surface area (Å²) >= 11 is 4.00. The lowest BCUT2D eigenvalue weighted by molar-refractivity contribution is 0.0474. The van der Waals surface area contributed by atoms with Crippen molar-refractivity contribution in [2.45, 2.75) is 6.10 Å². The van der Waals surface area contributed by atoms with Crippen LogP contribution in [0, 0.1) is 0 Å². The molecule has 1 rings (SSSR count). The molecule has 11 heavy (non-hydrogen) atoms. The Balaban J connectivity index is 1.66. The maximum absolute atomic E-state index is 5.23. The van der Waals surface area contributed by atoms with Gasteiger partial charge >= 0.3 is 0 Å². The molecule has 1 saturated heterocycles. The maximum Gasteiger partial charge on any atom is 0.104 e. The minimum atomic E-state index is 0.361. The van der Waals surface area contributed by atoms with Crippen LogP contribution in [0.1, 0.15) is 0 Å². The van der Waals surface area contributed by atoms with E-state index in [2.05, 4.69) is 12.6 Å². The Labute approximate surface area is 72.4 Å². The van der Waals surface area contributed by atoms with Gasteiger partial charge in [0.15, 0.2) is 0 Å². The predicted octanol–water partition coefficient (Wildman–Crippen LogP) is 0.348. The summed E-state index contributed by atoms with van der Waals surface area (Å²) in [5.74, 6) is 0.770. The lowest BCUT2D eigenvalue weighted by atomic mass is 10.5. The molecule has 1 unspecified atom stereocenters. The number of rotatable bonds is 7. The van der Waals surface area contributed by atoms with Gasteiger partial charge in [-0.1, -0.05) is 0 Å². The topological polar surface area (TPSA) is 31.0 Å². The number of epoxide rings is 1. The highest BCUT2D eigenvalue weighted by molar-refractivity contribution is 7.80. The van der Waals surface area contributed by atoms with Crippen LogP contribution in [-0.4, -0.2) is 44.9 Å². The fraction of sp³-hybridized carbons (Fsp3) is 1.00. The lowest BCUT2D eigenvalue weighted by Gasteiger charge is -2.02. The average Bonchev–Trinajstić information content (AvgIpc) is 2.80. The molecule has 1 atom stereocenters. The summed E-state index contributed by atoms with van der Waals surface area (Å²) in [7, 11) is 0. The van der Waals surface area contributed by atoms with E-state index in [-0.39, 0.29) is 0 Å². The van der Waals surface area contributed by atoms with Crippen LogP contribution >= 0.6 is 12.6 Å². The first-order valence-electron chi connectivity index (χ1n) is 3.81. The molecule has 0 saturated carbocycles. The first-order chi connectivity index (χ1) is 5.43. The van der Waals surface area contributed by atoms with Crippen molar-refractivity contribution in [3.05, 3.63) is 0 Å². The van der Waals surface area contributed by atoms with E-state index in [1.807, 2.05) is 0 Å². The van der Waals surface area contributed by atoms with E-state index in [9.17, 15) is 0 Å². The van der Waals surface area contributed by atoms with Crippen LogP contribution in [0.25, 0.3) is 0 Å². The molecule has 0 aliphatic carbocycles. The van der Waals surface area contributed by atoms with E-state index in [1.165, 1.54) is 0 Å². The van der Waals surface area contributed by atoms with Crippen molar-refractivity contribution in [2.75, 3.05) is 38.8 Å². The van der Waals surface area contributed by atoms with Gasteiger partial charge in [0.1, 0.15) is 6.10 Å². The summed E-state index contributed by atoms with van der Waals surface area (Å²) in [5.41, 5.74) is 0. The van der Waals surface area contributed by atoms with Crippen LogP contribution in [-0.2, 0) is 14.2 Å². The van der Waals surface area contributed by atoms with Gasteiger partial charge in [-0.3, -0.25) is 0 Å². The maximum atomic E-state index is 5.23. The van der Waals surface area contributed by atoms with Gasteiger partial charge in [-0.05, 0) is 0 Å². The Bertz CT molecular complexity index is 95.7. The van der Waals surface area contributed by atoms with E-state index >= 15 is 0 Å². The molecule has 1 aliphatic rings. The molecule has 4 heteroatoms. The van der Waals surface area contributed by atoms with Crippen molar-refractivity contribution in [3.8, 4) is 0 Å². The zero-order chi connectivity index (χ0) is 7.94. The third kappa shape index (κ3) is 5.49. The summed E-state index contributed by atoms with van der Waals surface area (Å²) in [4.78, 5) is 0. The Morgan fingerprint density at radius 3 is 2.64 bits per heavy atom. The fourth-order valence-electron chi connectivity index (χ4n) is 0.664. The molecular formula is C7H14O3S.